The van der Waals surface area contributed by atoms with Gasteiger partial charge in [-0.25, -0.2) is 0 Å². The maximum atomic E-state index is 13.0. The normalized spacial score (nSPS) is 25.7. The predicted octanol–water partition coefficient (Wildman–Crippen LogP) is 1.19. The molecule has 1 aromatic rings. The van der Waals surface area contributed by atoms with Gasteiger partial charge in [0, 0.05) is 37.3 Å². The van der Waals surface area contributed by atoms with Crippen LogP contribution in [-0.2, 0) is 20.9 Å². The minimum atomic E-state index is -0.566. The van der Waals surface area contributed by atoms with E-state index in [-0.39, 0.29) is 24.1 Å². The second kappa shape index (κ2) is 8.59. The van der Waals surface area contributed by atoms with Crippen LogP contribution in [0.15, 0.2) is 18.2 Å². The lowest BCUT2D eigenvalue weighted by Gasteiger charge is -2.36. The zero-order chi connectivity index (χ0) is 21.4. The summed E-state index contributed by atoms with van der Waals surface area (Å²) in [6.45, 7) is 4.34. The average molecular weight is 427 g/mol. The van der Waals surface area contributed by atoms with Crippen molar-refractivity contribution in [3.63, 3.8) is 0 Å². The fourth-order valence-corrected chi connectivity index (χ4v) is 5.19. The highest BCUT2D eigenvalue weighted by atomic mass is 16.5. The van der Waals surface area contributed by atoms with Crippen LogP contribution in [0.5, 0.6) is 0 Å². The number of fused-ring (bicyclic) bond motifs is 1. The summed E-state index contributed by atoms with van der Waals surface area (Å²) < 4.78 is 6.32. The SMILES string of the molecule is O=C1CCC(N2Cc3ccc(N4CCC(OC5CCNCC5)CC4)cc3C2=O)C(=O)N1. The zero-order valence-corrected chi connectivity index (χ0v) is 17.8. The Labute approximate surface area is 182 Å². The van der Waals surface area contributed by atoms with Gasteiger partial charge in [0.15, 0.2) is 0 Å². The van der Waals surface area contributed by atoms with Gasteiger partial charge in [-0.2, -0.15) is 0 Å². The second-order valence-corrected chi connectivity index (χ2v) is 9.01. The van der Waals surface area contributed by atoms with Crippen molar-refractivity contribution in [3.05, 3.63) is 29.3 Å². The van der Waals surface area contributed by atoms with E-state index in [9.17, 15) is 14.4 Å². The summed E-state index contributed by atoms with van der Waals surface area (Å²) in [7, 11) is 0. The number of anilines is 1. The van der Waals surface area contributed by atoms with Crippen molar-refractivity contribution in [2.75, 3.05) is 31.1 Å². The molecule has 3 amide bonds. The van der Waals surface area contributed by atoms with Gasteiger partial charge in [-0.05, 0) is 62.9 Å². The third-order valence-corrected chi connectivity index (χ3v) is 6.99. The Bertz CT molecular complexity index is 874. The molecule has 0 bridgehead atoms. The number of amides is 3. The molecule has 5 rings (SSSR count). The highest BCUT2D eigenvalue weighted by molar-refractivity contribution is 6.05. The summed E-state index contributed by atoms with van der Waals surface area (Å²) in [6.07, 6.45) is 5.55. The van der Waals surface area contributed by atoms with E-state index in [4.69, 9.17) is 4.74 Å². The van der Waals surface area contributed by atoms with Crippen molar-refractivity contribution in [2.24, 2.45) is 0 Å². The van der Waals surface area contributed by atoms with Gasteiger partial charge in [-0.15, -0.1) is 0 Å². The molecule has 4 heterocycles. The van der Waals surface area contributed by atoms with Crippen LogP contribution in [0.1, 0.15) is 54.4 Å². The molecule has 4 aliphatic rings. The molecule has 0 spiro atoms. The molecule has 3 saturated heterocycles. The lowest BCUT2D eigenvalue weighted by molar-refractivity contribution is -0.136. The third kappa shape index (κ3) is 4.19. The molecular weight excluding hydrogens is 396 g/mol. The van der Waals surface area contributed by atoms with Crippen molar-refractivity contribution in [1.29, 1.82) is 0 Å². The van der Waals surface area contributed by atoms with Crippen LogP contribution in [0, 0.1) is 0 Å². The lowest BCUT2D eigenvalue weighted by atomic mass is 10.0. The Morgan fingerprint density at radius 3 is 2.42 bits per heavy atom. The van der Waals surface area contributed by atoms with E-state index in [0.29, 0.717) is 30.7 Å². The summed E-state index contributed by atoms with van der Waals surface area (Å²) in [6, 6.07) is 5.49. The number of carbonyl (C=O) groups excluding carboxylic acids is 3. The average Bonchev–Trinajstić information content (AvgIpc) is 3.11. The monoisotopic (exact) mass is 426 g/mol. The quantitative estimate of drug-likeness (QED) is 0.703. The Hall–Kier alpha value is -2.45. The van der Waals surface area contributed by atoms with E-state index in [1.165, 1.54) is 0 Å². The second-order valence-electron chi connectivity index (χ2n) is 9.01. The number of imide groups is 1. The summed E-state index contributed by atoms with van der Waals surface area (Å²) in [5.41, 5.74) is 2.68. The topological polar surface area (TPSA) is 91.0 Å². The summed E-state index contributed by atoms with van der Waals surface area (Å²) in [5, 5.41) is 5.73. The van der Waals surface area contributed by atoms with Crippen molar-refractivity contribution in [1.82, 2.24) is 15.5 Å². The van der Waals surface area contributed by atoms with Crippen LogP contribution in [0.4, 0.5) is 5.69 Å². The standard InChI is InChI=1S/C23H30N4O4/c28-21-4-3-20(22(29)25-21)27-14-15-1-2-16(13-19(15)23(27)30)26-11-7-18(8-12-26)31-17-5-9-24-10-6-17/h1-2,13,17-18,20,24H,3-12,14H2,(H,25,28,29). The molecule has 0 saturated carbocycles. The highest BCUT2D eigenvalue weighted by Crippen LogP contribution is 2.32. The largest absolute Gasteiger partial charge is 0.375 e. The van der Waals surface area contributed by atoms with E-state index in [1.807, 2.05) is 12.1 Å². The molecule has 2 N–H and O–H groups in total. The molecule has 0 aliphatic carbocycles. The first-order valence-corrected chi connectivity index (χ1v) is 11.5. The fraction of sp³-hybridized carbons (Fsp3) is 0.609. The number of hydrogen-bond donors (Lipinski definition) is 2. The molecule has 1 atom stereocenters. The number of nitrogens with one attached hydrogen (secondary N) is 2. The van der Waals surface area contributed by atoms with Crippen molar-refractivity contribution >= 4 is 23.4 Å². The summed E-state index contributed by atoms with van der Waals surface area (Å²) >= 11 is 0. The first kappa shape index (κ1) is 20.5. The van der Waals surface area contributed by atoms with E-state index in [0.717, 1.165) is 63.1 Å². The number of benzene rings is 1. The number of ether oxygens (including phenoxy) is 1. The number of hydrogen-bond acceptors (Lipinski definition) is 6. The van der Waals surface area contributed by atoms with Crippen LogP contribution in [0.2, 0.25) is 0 Å². The maximum absolute atomic E-state index is 13.0. The molecule has 8 nitrogen and oxygen atoms in total. The molecule has 0 aromatic heterocycles. The smallest absolute Gasteiger partial charge is 0.255 e. The Morgan fingerprint density at radius 2 is 1.68 bits per heavy atom. The van der Waals surface area contributed by atoms with E-state index >= 15 is 0 Å². The molecule has 0 radical (unpaired) electrons. The van der Waals surface area contributed by atoms with E-state index in [1.54, 1.807) is 4.90 Å². The third-order valence-electron chi connectivity index (χ3n) is 6.99. The van der Waals surface area contributed by atoms with Crippen molar-refractivity contribution in [3.8, 4) is 0 Å². The number of carbonyl (C=O) groups is 3. The molecule has 4 aliphatic heterocycles. The van der Waals surface area contributed by atoms with Crippen molar-refractivity contribution < 1.29 is 19.1 Å². The molecule has 8 heteroatoms. The van der Waals surface area contributed by atoms with Crippen molar-refractivity contribution in [2.45, 2.75) is 63.3 Å². The lowest BCUT2D eigenvalue weighted by Crippen LogP contribution is -2.52. The van der Waals surface area contributed by atoms with Gasteiger partial charge < -0.3 is 19.9 Å². The molecule has 3 fully saturated rings. The van der Waals surface area contributed by atoms with Gasteiger partial charge in [0.25, 0.3) is 5.91 Å². The van der Waals surface area contributed by atoms with Gasteiger partial charge in [0.2, 0.25) is 11.8 Å². The van der Waals surface area contributed by atoms with Crippen LogP contribution < -0.4 is 15.5 Å². The van der Waals surface area contributed by atoms with Gasteiger partial charge in [0.05, 0.1) is 12.2 Å². The Balaban J connectivity index is 1.21. The number of nitrogens with zero attached hydrogens (tertiary/aromatic N) is 2. The first-order valence-electron chi connectivity index (χ1n) is 11.5. The first-order chi connectivity index (χ1) is 15.1. The van der Waals surface area contributed by atoms with Gasteiger partial charge in [-0.1, -0.05) is 6.07 Å². The maximum Gasteiger partial charge on any atom is 0.255 e. The predicted molar refractivity (Wildman–Crippen MR) is 115 cm³/mol. The molecular formula is C23H30N4O4. The van der Waals surface area contributed by atoms with Crippen LogP contribution in [0.3, 0.4) is 0 Å². The minimum absolute atomic E-state index is 0.115. The summed E-state index contributed by atoms with van der Waals surface area (Å²) in [5.74, 6) is -0.746. The minimum Gasteiger partial charge on any atom is -0.375 e. The van der Waals surface area contributed by atoms with Gasteiger partial charge >= 0.3 is 0 Å². The molecule has 1 aromatic carbocycles. The van der Waals surface area contributed by atoms with Crippen LogP contribution in [-0.4, -0.2) is 67.1 Å². The molecule has 1 unspecified atom stereocenters. The van der Waals surface area contributed by atoms with Gasteiger partial charge in [0.1, 0.15) is 6.04 Å². The fourth-order valence-electron chi connectivity index (χ4n) is 5.19. The Morgan fingerprint density at radius 1 is 0.935 bits per heavy atom. The summed E-state index contributed by atoms with van der Waals surface area (Å²) in [4.78, 5) is 40.6. The van der Waals surface area contributed by atoms with Crippen LogP contribution >= 0.6 is 0 Å². The van der Waals surface area contributed by atoms with Crippen LogP contribution in [0.25, 0.3) is 0 Å². The molecule has 31 heavy (non-hydrogen) atoms. The van der Waals surface area contributed by atoms with Gasteiger partial charge in [-0.3, -0.25) is 19.7 Å². The van der Waals surface area contributed by atoms with E-state index < -0.39 is 6.04 Å². The molecule has 166 valence electrons. The Kier molecular flexibility index (Phi) is 5.67. The van der Waals surface area contributed by atoms with E-state index in [2.05, 4.69) is 21.6 Å². The highest BCUT2D eigenvalue weighted by Gasteiger charge is 2.39. The zero-order valence-electron chi connectivity index (χ0n) is 17.8. The number of piperidine rings is 3. The number of rotatable bonds is 4.